The van der Waals surface area contributed by atoms with Crippen molar-refractivity contribution in [2.24, 2.45) is 0 Å². The van der Waals surface area contributed by atoms with Crippen LogP contribution >= 0.6 is 0 Å². The van der Waals surface area contributed by atoms with Gasteiger partial charge >= 0.3 is 0 Å². The fourth-order valence-electron chi connectivity index (χ4n) is 1.63. The van der Waals surface area contributed by atoms with E-state index in [1.54, 1.807) is 0 Å². The summed E-state index contributed by atoms with van der Waals surface area (Å²) in [5.41, 5.74) is -3.25. The first-order chi connectivity index (χ1) is 10.1. The van der Waals surface area contributed by atoms with Gasteiger partial charge in [0.1, 0.15) is 0 Å². The zero-order valence-corrected chi connectivity index (χ0v) is 11.4. The summed E-state index contributed by atoms with van der Waals surface area (Å²) in [7, 11) is 0. The zero-order valence-electron chi connectivity index (χ0n) is 11.4. The van der Waals surface area contributed by atoms with Gasteiger partial charge in [0.15, 0.2) is 0 Å². The Balaban J connectivity index is 3.91. The van der Waals surface area contributed by atoms with Crippen molar-refractivity contribution in [1.29, 1.82) is 0 Å². The average Bonchev–Trinajstić information content (AvgIpc) is 2.43. The molecule has 0 saturated carbocycles. The lowest BCUT2D eigenvalue weighted by Gasteiger charge is -2.18. The number of nitro groups is 2. The first-order valence-corrected chi connectivity index (χ1v) is 5.69. The summed E-state index contributed by atoms with van der Waals surface area (Å²) in [4.78, 5) is 19.8. The van der Waals surface area contributed by atoms with Crippen LogP contribution in [0.15, 0.2) is 23.7 Å². The lowest BCUT2D eigenvalue weighted by Crippen LogP contribution is -2.13. The van der Waals surface area contributed by atoms with E-state index in [0.717, 1.165) is 13.8 Å². The number of hydrogen-bond donors (Lipinski definition) is 2. The first kappa shape index (κ1) is 16.8. The molecule has 1 aromatic rings. The van der Waals surface area contributed by atoms with Crippen molar-refractivity contribution in [2.45, 2.75) is 13.8 Å². The molecule has 0 fully saturated rings. The van der Waals surface area contributed by atoms with Crippen molar-refractivity contribution >= 4 is 22.9 Å². The van der Waals surface area contributed by atoms with E-state index >= 15 is 0 Å². The van der Waals surface area contributed by atoms with E-state index in [9.17, 15) is 30.4 Å². The summed E-state index contributed by atoms with van der Waals surface area (Å²) < 4.78 is 0. The average molecular weight is 310 g/mol. The van der Waals surface area contributed by atoms with Crippen LogP contribution in [0, 0.1) is 20.2 Å². The maximum absolute atomic E-state index is 11.8. The predicted molar refractivity (Wildman–Crippen MR) is 70.2 cm³/mol. The number of aliphatic hydroxyl groups excluding tert-OH is 2. The number of nitro benzene ring substituents is 2. The number of benzene rings is 1. The zero-order chi connectivity index (χ0) is 17.2. The first-order valence-electron chi connectivity index (χ1n) is 5.69. The van der Waals surface area contributed by atoms with E-state index in [2.05, 4.69) is 0 Å². The second kappa shape index (κ2) is 5.99. The molecule has 118 valence electrons. The molecule has 10 nitrogen and oxygen atoms in total. The summed E-state index contributed by atoms with van der Waals surface area (Å²) in [5, 5.41) is 63.7. The molecule has 0 aromatic heterocycles. The van der Waals surface area contributed by atoms with Gasteiger partial charge in [-0.15, -0.1) is 0 Å². The summed E-state index contributed by atoms with van der Waals surface area (Å²) in [6.07, 6.45) is 0. The molecule has 0 atom stereocenters. The number of hydrogen-bond acceptors (Lipinski definition) is 8. The Morgan fingerprint density at radius 2 is 1.18 bits per heavy atom. The van der Waals surface area contributed by atoms with Gasteiger partial charge in [0.25, 0.3) is 11.4 Å². The third-order valence-electron chi connectivity index (χ3n) is 2.65. The minimum atomic E-state index is -1.16. The van der Waals surface area contributed by atoms with E-state index in [1.165, 1.54) is 0 Å². The lowest BCUT2D eigenvalue weighted by molar-refractivity contribution is -0.395. The van der Waals surface area contributed by atoms with Crippen LogP contribution < -0.4 is 10.2 Å². The third-order valence-corrected chi connectivity index (χ3v) is 2.65. The third kappa shape index (κ3) is 3.06. The Hall–Kier alpha value is -3.30. The molecule has 0 bridgehead atoms. The summed E-state index contributed by atoms with van der Waals surface area (Å²) in [5.74, 6) is -3.91. The molecular weight excluding hydrogens is 300 g/mol. The van der Waals surface area contributed by atoms with Gasteiger partial charge in [0.2, 0.25) is 0 Å². The van der Waals surface area contributed by atoms with Gasteiger partial charge in [0, 0.05) is 11.1 Å². The Kier molecular flexibility index (Phi) is 4.56. The molecule has 0 aliphatic carbocycles. The smallest absolute Gasteiger partial charge is 0.283 e. The SMILES string of the molecule is CC(O)=C([O-])c1cc(C([O-])=C(C)O)c([N+](=O)[O-])cc1[N+](=O)[O-]. The largest absolute Gasteiger partial charge is 0.870 e. The van der Waals surface area contributed by atoms with Crippen LogP contribution in [-0.4, -0.2) is 20.1 Å². The van der Waals surface area contributed by atoms with Crippen LogP contribution in [0.2, 0.25) is 0 Å². The maximum atomic E-state index is 11.8. The minimum absolute atomic E-state index is 0.437. The minimum Gasteiger partial charge on any atom is -0.870 e. The quantitative estimate of drug-likeness (QED) is 0.464. The molecule has 0 saturated heterocycles. The van der Waals surface area contributed by atoms with E-state index in [4.69, 9.17) is 10.2 Å². The Morgan fingerprint density at radius 1 is 0.864 bits per heavy atom. The van der Waals surface area contributed by atoms with Crippen molar-refractivity contribution in [3.8, 4) is 0 Å². The molecule has 1 rings (SSSR count). The molecule has 0 amide bonds. The number of aliphatic hydroxyl groups is 2. The van der Waals surface area contributed by atoms with E-state index in [0.29, 0.717) is 12.1 Å². The van der Waals surface area contributed by atoms with Crippen molar-refractivity contribution in [3.63, 3.8) is 0 Å². The van der Waals surface area contributed by atoms with E-state index < -0.39 is 55.4 Å². The van der Waals surface area contributed by atoms with Gasteiger partial charge in [-0.2, -0.15) is 0 Å². The van der Waals surface area contributed by atoms with Crippen molar-refractivity contribution in [3.05, 3.63) is 55.0 Å². The highest BCUT2D eigenvalue weighted by Crippen LogP contribution is 2.34. The Bertz CT molecular complexity index is 655. The van der Waals surface area contributed by atoms with Gasteiger partial charge in [-0.25, -0.2) is 0 Å². The number of nitrogens with zero attached hydrogens (tertiary/aromatic N) is 2. The Labute approximate surface area is 123 Å². The summed E-state index contributed by atoms with van der Waals surface area (Å²) in [6.45, 7) is 1.94. The second-order valence-electron chi connectivity index (χ2n) is 4.23. The van der Waals surface area contributed by atoms with Crippen molar-refractivity contribution in [1.82, 2.24) is 0 Å². The summed E-state index contributed by atoms with van der Waals surface area (Å²) >= 11 is 0. The molecule has 0 spiro atoms. The molecule has 0 aliphatic heterocycles. The molecule has 0 heterocycles. The Morgan fingerprint density at radius 3 is 1.41 bits per heavy atom. The standard InChI is InChI=1S/C12H12N2O8/c1-5(15)11(17)7-3-8(12(18)6(2)16)10(14(21)22)4-9(7)13(19)20/h3-4,15-18H,1-2H3/p-2. The van der Waals surface area contributed by atoms with Crippen molar-refractivity contribution in [2.75, 3.05) is 0 Å². The monoisotopic (exact) mass is 310 g/mol. The van der Waals surface area contributed by atoms with Crippen LogP contribution in [0.1, 0.15) is 25.0 Å². The topological polar surface area (TPSA) is 173 Å². The van der Waals surface area contributed by atoms with Gasteiger partial charge < -0.3 is 20.4 Å². The van der Waals surface area contributed by atoms with E-state index in [1.807, 2.05) is 0 Å². The highest BCUT2D eigenvalue weighted by Gasteiger charge is 2.24. The molecule has 22 heavy (non-hydrogen) atoms. The molecule has 2 N–H and O–H groups in total. The number of allylic oxidation sites excluding steroid dienone is 2. The van der Waals surface area contributed by atoms with Crippen LogP contribution in [0.3, 0.4) is 0 Å². The highest BCUT2D eigenvalue weighted by molar-refractivity contribution is 5.78. The maximum Gasteiger partial charge on any atom is 0.283 e. The van der Waals surface area contributed by atoms with Gasteiger partial charge in [-0.3, -0.25) is 20.2 Å². The summed E-state index contributed by atoms with van der Waals surface area (Å²) in [6, 6.07) is 1.05. The van der Waals surface area contributed by atoms with Crippen LogP contribution in [-0.2, 0) is 0 Å². The fourth-order valence-corrected chi connectivity index (χ4v) is 1.63. The predicted octanol–water partition coefficient (Wildman–Crippen LogP) is 0.717. The lowest BCUT2D eigenvalue weighted by atomic mass is 10.0. The normalized spacial score (nSPS) is 13.2. The highest BCUT2D eigenvalue weighted by atomic mass is 16.6. The second-order valence-corrected chi connectivity index (χ2v) is 4.23. The van der Waals surface area contributed by atoms with Gasteiger partial charge in [-0.1, -0.05) is 11.5 Å². The van der Waals surface area contributed by atoms with Gasteiger partial charge in [-0.05, 0) is 19.9 Å². The molecule has 10 heteroatoms. The van der Waals surface area contributed by atoms with E-state index in [-0.39, 0.29) is 0 Å². The fraction of sp³-hybridized carbons (Fsp3) is 0.167. The number of rotatable bonds is 4. The van der Waals surface area contributed by atoms with Crippen LogP contribution in [0.25, 0.3) is 11.5 Å². The molecule has 0 aliphatic rings. The molecule has 0 radical (unpaired) electrons. The molecular formula is C12H10N2O8-2. The van der Waals surface area contributed by atoms with Gasteiger partial charge in [0.05, 0.1) is 27.4 Å². The van der Waals surface area contributed by atoms with Crippen molar-refractivity contribution < 1.29 is 30.3 Å². The van der Waals surface area contributed by atoms with Crippen LogP contribution in [0.5, 0.6) is 0 Å². The molecule has 0 unspecified atom stereocenters. The van der Waals surface area contributed by atoms with Crippen LogP contribution in [0.4, 0.5) is 11.4 Å². The molecule has 1 aromatic carbocycles.